The van der Waals surface area contributed by atoms with E-state index in [1.807, 2.05) is 0 Å². The summed E-state index contributed by atoms with van der Waals surface area (Å²) in [5.74, 6) is -1.31. The molecule has 7 heteroatoms. The van der Waals surface area contributed by atoms with Crippen LogP contribution in [-0.4, -0.2) is 65.0 Å². The summed E-state index contributed by atoms with van der Waals surface area (Å²) in [6.07, 6.45) is 2.03. The van der Waals surface area contributed by atoms with Crippen LogP contribution in [0.1, 0.15) is 26.2 Å². The quantitative estimate of drug-likeness (QED) is 0.753. The summed E-state index contributed by atoms with van der Waals surface area (Å²) in [5, 5.41) is 11.8. The van der Waals surface area contributed by atoms with E-state index < -0.39 is 11.9 Å². The van der Waals surface area contributed by atoms with Gasteiger partial charge < -0.3 is 20.2 Å². The molecular weight excluding hydrogens is 262 g/mol. The number of rotatable bonds is 2. The van der Waals surface area contributed by atoms with E-state index in [4.69, 9.17) is 5.11 Å². The van der Waals surface area contributed by atoms with Crippen molar-refractivity contribution in [2.75, 3.05) is 26.2 Å². The third-order valence-electron chi connectivity index (χ3n) is 3.98. The third kappa shape index (κ3) is 3.40. The fourth-order valence-corrected chi connectivity index (χ4v) is 2.84. The maximum Gasteiger partial charge on any atom is 0.320 e. The predicted octanol–water partition coefficient (Wildman–Crippen LogP) is 0.113. The first kappa shape index (κ1) is 14.6. The first-order valence-electron chi connectivity index (χ1n) is 7.01. The van der Waals surface area contributed by atoms with Gasteiger partial charge in [0.2, 0.25) is 5.91 Å². The van der Waals surface area contributed by atoms with Crippen LogP contribution in [0, 0.1) is 5.92 Å². The monoisotopic (exact) mass is 283 g/mol. The minimum absolute atomic E-state index is 0.0429. The molecule has 2 N–H and O–H groups in total. The topological polar surface area (TPSA) is 90.0 Å². The van der Waals surface area contributed by atoms with Crippen LogP contribution in [0.4, 0.5) is 4.79 Å². The Labute approximate surface area is 117 Å². The molecule has 0 spiro atoms. The van der Waals surface area contributed by atoms with E-state index in [2.05, 4.69) is 5.32 Å². The van der Waals surface area contributed by atoms with Gasteiger partial charge in [0.15, 0.2) is 0 Å². The Morgan fingerprint density at radius 2 is 1.65 bits per heavy atom. The van der Waals surface area contributed by atoms with Gasteiger partial charge in [-0.05, 0) is 19.3 Å². The van der Waals surface area contributed by atoms with Gasteiger partial charge in [0.25, 0.3) is 0 Å². The molecule has 0 saturated carbocycles. The minimum atomic E-state index is -0.829. The molecule has 2 fully saturated rings. The molecule has 20 heavy (non-hydrogen) atoms. The molecule has 0 aromatic heterocycles. The van der Waals surface area contributed by atoms with E-state index in [-0.39, 0.29) is 18.0 Å². The summed E-state index contributed by atoms with van der Waals surface area (Å²) >= 11 is 0. The van der Waals surface area contributed by atoms with Crippen molar-refractivity contribution >= 4 is 17.9 Å². The second-order valence-corrected chi connectivity index (χ2v) is 5.51. The fourth-order valence-electron chi connectivity index (χ4n) is 2.84. The normalized spacial score (nSPS) is 23.8. The number of hydrogen-bond acceptors (Lipinski definition) is 3. The summed E-state index contributed by atoms with van der Waals surface area (Å²) in [4.78, 5) is 37.5. The zero-order chi connectivity index (χ0) is 14.7. The zero-order valence-electron chi connectivity index (χ0n) is 11.7. The molecule has 0 aromatic carbocycles. The van der Waals surface area contributed by atoms with Gasteiger partial charge in [-0.2, -0.15) is 0 Å². The maximum atomic E-state index is 12.3. The smallest absolute Gasteiger partial charge is 0.320 e. The summed E-state index contributed by atoms with van der Waals surface area (Å²) < 4.78 is 0. The fraction of sp³-hybridized carbons (Fsp3) is 0.769. The second-order valence-electron chi connectivity index (χ2n) is 5.51. The Kier molecular flexibility index (Phi) is 4.46. The van der Waals surface area contributed by atoms with Gasteiger partial charge in [-0.15, -0.1) is 0 Å². The molecule has 2 aliphatic rings. The Morgan fingerprint density at radius 3 is 2.15 bits per heavy atom. The Balaban J connectivity index is 1.80. The van der Waals surface area contributed by atoms with Crippen LogP contribution >= 0.6 is 0 Å². The lowest BCUT2D eigenvalue weighted by molar-refractivity contribution is -0.141. The molecule has 0 radical (unpaired) electrons. The minimum Gasteiger partial charge on any atom is -0.481 e. The highest BCUT2D eigenvalue weighted by molar-refractivity contribution is 5.77. The SMILES string of the molecule is CC(=O)NC1CCN(C(=O)N2CCC(C(=O)O)C2)CC1. The van der Waals surface area contributed by atoms with Crippen molar-refractivity contribution in [1.29, 1.82) is 0 Å². The number of hydrogen-bond donors (Lipinski definition) is 2. The van der Waals surface area contributed by atoms with Crippen molar-refractivity contribution in [2.24, 2.45) is 5.92 Å². The van der Waals surface area contributed by atoms with Crippen LogP contribution in [0.3, 0.4) is 0 Å². The lowest BCUT2D eigenvalue weighted by Crippen LogP contribution is -2.50. The van der Waals surface area contributed by atoms with Crippen LogP contribution in [0.2, 0.25) is 0 Å². The summed E-state index contributed by atoms with van der Waals surface area (Å²) in [6.45, 7) is 3.53. The van der Waals surface area contributed by atoms with Crippen molar-refractivity contribution in [2.45, 2.75) is 32.2 Å². The number of nitrogens with one attached hydrogen (secondary N) is 1. The Morgan fingerprint density at radius 1 is 1.05 bits per heavy atom. The average Bonchev–Trinajstić information content (AvgIpc) is 2.88. The zero-order valence-corrected chi connectivity index (χ0v) is 11.7. The lowest BCUT2D eigenvalue weighted by atomic mass is 10.1. The molecule has 0 aromatic rings. The highest BCUT2D eigenvalue weighted by Crippen LogP contribution is 2.20. The van der Waals surface area contributed by atoms with Crippen molar-refractivity contribution in [3.8, 4) is 0 Å². The molecule has 7 nitrogen and oxygen atoms in total. The molecule has 3 amide bonds. The number of amides is 3. The van der Waals surface area contributed by atoms with Gasteiger partial charge in [-0.25, -0.2) is 4.79 Å². The number of piperidine rings is 1. The lowest BCUT2D eigenvalue weighted by Gasteiger charge is -2.34. The van der Waals surface area contributed by atoms with E-state index in [0.717, 1.165) is 12.8 Å². The van der Waals surface area contributed by atoms with Crippen LogP contribution < -0.4 is 5.32 Å². The van der Waals surface area contributed by atoms with Gasteiger partial charge in [0.05, 0.1) is 5.92 Å². The Hall–Kier alpha value is -1.79. The number of nitrogens with zero attached hydrogens (tertiary/aromatic N) is 2. The van der Waals surface area contributed by atoms with Crippen LogP contribution in [0.25, 0.3) is 0 Å². The van der Waals surface area contributed by atoms with Crippen molar-refractivity contribution < 1.29 is 19.5 Å². The number of carboxylic acid groups (broad SMARTS) is 1. The molecule has 2 aliphatic heterocycles. The van der Waals surface area contributed by atoms with E-state index in [1.54, 1.807) is 9.80 Å². The van der Waals surface area contributed by atoms with E-state index >= 15 is 0 Å². The second kappa shape index (κ2) is 6.11. The summed E-state index contributed by atoms with van der Waals surface area (Å²) in [6, 6.07) is 0.0666. The number of carbonyl (C=O) groups excluding carboxylic acids is 2. The van der Waals surface area contributed by atoms with E-state index in [9.17, 15) is 14.4 Å². The summed E-state index contributed by atoms with van der Waals surface area (Å²) in [7, 11) is 0. The number of urea groups is 1. The molecular formula is C13H21N3O4. The number of likely N-dealkylation sites (tertiary alicyclic amines) is 2. The largest absolute Gasteiger partial charge is 0.481 e. The highest BCUT2D eigenvalue weighted by Gasteiger charge is 2.34. The highest BCUT2D eigenvalue weighted by atomic mass is 16.4. The van der Waals surface area contributed by atoms with Gasteiger partial charge in [0.1, 0.15) is 0 Å². The van der Waals surface area contributed by atoms with Crippen LogP contribution in [-0.2, 0) is 9.59 Å². The van der Waals surface area contributed by atoms with E-state index in [0.29, 0.717) is 32.6 Å². The molecule has 1 unspecified atom stereocenters. The van der Waals surface area contributed by atoms with Crippen molar-refractivity contribution in [3.05, 3.63) is 0 Å². The number of carbonyl (C=O) groups is 3. The molecule has 112 valence electrons. The molecule has 2 saturated heterocycles. The van der Waals surface area contributed by atoms with Gasteiger partial charge in [-0.1, -0.05) is 0 Å². The van der Waals surface area contributed by atoms with Gasteiger partial charge >= 0.3 is 12.0 Å². The predicted molar refractivity (Wildman–Crippen MR) is 71.1 cm³/mol. The molecule has 0 bridgehead atoms. The van der Waals surface area contributed by atoms with Crippen molar-refractivity contribution in [3.63, 3.8) is 0 Å². The molecule has 0 aliphatic carbocycles. The van der Waals surface area contributed by atoms with Crippen LogP contribution in [0.15, 0.2) is 0 Å². The van der Waals surface area contributed by atoms with E-state index in [1.165, 1.54) is 6.92 Å². The molecule has 2 rings (SSSR count). The molecule has 2 heterocycles. The first-order chi connectivity index (χ1) is 9.47. The van der Waals surface area contributed by atoms with Gasteiger partial charge in [0, 0.05) is 39.1 Å². The number of aliphatic carboxylic acids is 1. The van der Waals surface area contributed by atoms with Gasteiger partial charge in [-0.3, -0.25) is 9.59 Å². The standard InChI is InChI=1S/C13H21N3O4/c1-9(17)14-11-3-6-15(7-4-11)13(20)16-5-2-10(8-16)12(18)19/h10-11H,2-8H2,1H3,(H,14,17)(H,18,19). The van der Waals surface area contributed by atoms with Crippen molar-refractivity contribution in [1.82, 2.24) is 15.1 Å². The number of carboxylic acids is 1. The maximum absolute atomic E-state index is 12.3. The van der Waals surface area contributed by atoms with Crippen LogP contribution in [0.5, 0.6) is 0 Å². The summed E-state index contributed by atoms with van der Waals surface area (Å²) in [5.41, 5.74) is 0. The molecule has 1 atom stereocenters. The average molecular weight is 283 g/mol. The Bertz CT molecular complexity index is 404. The third-order valence-corrected chi connectivity index (χ3v) is 3.98. The first-order valence-corrected chi connectivity index (χ1v) is 7.01.